The third kappa shape index (κ3) is 5.04. The van der Waals surface area contributed by atoms with Crippen LogP contribution in [0.1, 0.15) is 25.5 Å². The van der Waals surface area contributed by atoms with Crippen LogP contribution in [0.5, 0.6) is 5.75 Å². The van der Waals surface area contributed by atoms with Crippen molar-refractivity contribution in [2.75, 3.05) is 26.0 Å². The van der Waals surface area contributed by atoms with Crippen LogP contribution < -0.4 is 10.1 Å². The molecular formula is C20H26N6O. The Morgan fingerprint density at radius 3 is 2.56 bits per heavy atom. The summed E-state index contributed by atoms with van der Waals surface area (Å²) in [5.74, 6) is 2.29. The van der Waals surface area contributed by atoms with Crippen LogP contribution in [0.25, 0.3) is 5.82 Å². The van der Waals surface area contributed by atoms with Gasteiger partial charge in [-0.25, -0.2) is 9.67 Å². The van der Waals surface area contributed by atoms with Crippen molar-refractivity contribution in [1.82, 2.24) is 24.6 Å². The van der Waals surface area contributed by atoms with Crippen LogP contribution >= 0.6 is 0 Å². The standard InChI is InChI=1S/C20H26N6O/c1-15(2)27-17-8-6-16(7-9-17)18(25(3)4)12-22-19-13-21-14-20(24-19)26-11-5-10-23-26/h5-11,13-15,18H,12H2,1-4H3,(H,22,24). The number of rotatable bonds is 8. The molecule has 7 heteroatoms. The van der Waals surface area contributed by atoms with E-state index < -0.39 is 0 Å². The van der Waals surface area contributed by atoms with Crippen LogP contribution in [0.2, 0.25) is 0 Å². The maximum atomic E-state index is 5.73. The van der Waals surface area contributed by atoms with Gasteiger partial charge in [-0.05, 0) is 51.7 Å². The lowest BCUT2D eigenvalue weighted by Gasteiger charge is -2.25. The van der Waals surface area contributed by atoms with Gasteiger partial charge in [0.2, 0.25) is 0 Å². The smallest absolute Gasteiger partial charge is 0.173 e. The van der Waals surface area contributed by atoms with Crippen molar-refractivity contribution in [3.63, 3.8) is 0 Å². The van der Waals surface area contributed by atoms with E-state index in [1.807, 2.05) is 38.2 Å². The highest BCUT2D eigenvalue weighted by molar-refractivity contribution is 5.37. The van der Waals surface area contributed by atoms with Crippen LogP contribution in [0.3, 0.4) is 0 Å². The summed E-state index contributed by atoms with van der Waals surface area (Å²) in [6, 6.07) is 10.3. The lowest BCUT2D eigenvalue weighted by atomic mass is 10.1. The molecule has 7 nitrogen and oxygen atoms in total. The van der Waals surface area contributed by atoms with E-state index in [2.05, 4.69) is 51.5 Å². The number of hydrogen-bond donors (Lipinski definition) is 1. The highest BCUT2D eigenvalue weighted by Gasteiger charge is 2.15. The van der Waals surface area contributed by atoms with Gasteiger partial charge in [0.25, 0.3) is 0 Å². The summed E-state index contributed by atoms with van der Waals surface area (Å²) >= 11 is 0. The molecule has 0 saturated heterocycles. The molecule has 3 rings (SSSR count). The largest absolute Gasteiger partial charge is 0.491 e. The molecule has 1 aromatic carbocycles. The number of nitrogens with zero attached hydrogens (tertiary/aromatic N) is 5. The molecule has 0 spiro atoms. The summed E-state index contributed by atoms with van der Waals surface area (Å²) in [6.45, 7) is 4.76. The van der Waals surface area contributed by atoms with E-state index in [0.29, 0.717) is 12.4 Å². The number of ether oxygens (including phenoxy) is 1. The van der Waals surface area contributed by atoms with Crippen molar-refractivity contribution in [3.05, 3.63) is 60.7 Å². The third-order valence-corrected chi connectivity index (χ3v) is 4.10. The second kappa shape index (κ2) is 8.64. The Morgan fingerprint density at radius 1 is 1.15 bits per heavy atom. The Hall–Kier alpha value is -2.93. The fraction of sp³-hybridized carbons (Fsp3) is 0.350. The lowest BCUT2D eigenvalue weighted by Crippen LogP contribution is -2.27. The first-order valence-electron chi connectivity index (χ1n) is 9.02. The number of likely N-dealkylation sites (N-methyl/N-ethyl adjacent to an activating group) is 1. The maximum absolute atomic E-state index is 5.73. The predicted octanol–water partition coefficient (Wildman–Crippen LogP) is 3.16. The number of aromatic nitrogens is 4. The second-order valence-electron chi connectivity index (χ2n) is 6.81. The zero-order chi connectivity index (χ0) is 19.2. The van der Waals surface area contributed by atoms with Gasteiger partial charge in [0.1, 0.15) is 11.6 Å². The van der Waals surface area contributed by atoms with Gasteiger partial charge in [-0.1, -0.05) is 12.1 Å². The molecule has 0 saturated carbocycles. The first-order chi connectivity index (χ1) is 13.0. The van der Waals surface area contributed by atoms with Gasteiger partial charge in [-0.15, -0.1) is 0 Å². The van der Waals surface area contributed by atoms with E-state index in [0.717, 1.165) is 11.6 Å². The summed E-state index contributed by atoms with van der Waals surface area (Å²) in [5.41, 5.74) is 1.21. The molecule has 0 radical (unpaired) electrons. The van der Waals surface area contributed by atoms with Crippen molar-refractivity contribution in [2.45, 2.75) is 26.0 Å². The molecule has 3 aromatic rings. The van der Waals surface area contributed by atoms with E-state index in [4.69, 9.17) is 4.74 Å². The zero-order valence-corrected chi connectivity index (χ0v) is 16.2. The average Bonchev–Trinajstić information content (AvgIpc) is 3.17. The molecule has 1 N–H and O–H groups in total. The Bertz CT molecular complexity index is 830. The summed E-state index contributed by atoms with van der Waals surface area (Å²) < 4.78 is 7.42. The lowest BCUT2D eigenvalue weighted by molar-refractivity contribution is 0.242. The van der Waals surface area contributed by atoms with E-state index in [9.17, 15) is 0 Å². The molecule has 0 aliphatic carbocycles. The molecule has 142 valence electrons. The van der Waals surface area contributed by atoms with E-state index in [1.165, 1.54) is 5.56 Å². The molecule has 1 atom stereocenters. The first-order valence-corrected chi connectivity index (χ1v) is 9.02. The Morgan fingerprint density at radius 2 is 1.93 bits per heavy atom. The van der Waals surface area contributed by atoms with Crippen molar-refractivity contribution < 1.29 is 4.74 Å². The monoisotopic (exact) mass is 366 g/mol. The zero-order valence-electron chi connectivity index (χ0n) is 16.2. The fourth-order valence-corrected chi connectivity index (χ4v) is 2.80. The molecule has 0 aliphatic rings. The first kappa shape index (κ1) is 18.8. The molecule has 1 unspecified atom stereocenters. The average molecular weight is 366 g/mol. The maximum Gasteiger partial charge on any atom is 0.173 e. The molecule has 2 heterocycles. The van der Waals surface area contributed by atoms with Crippen LogP contribution in [0.4, 0.5) is 5.82 Å². The van der Waals surface area contributed by atoms with Gasteiger partial charge in [-0.2, -0.15) is 5.10 Å². The Labute approximate surface area is 160 Å². The minimum Gasteiger partial charge on any atom is -0.491 e. The van der Waals surface area contributed by atoms with E-state index in [1.54, 1.807) is 23.3 Å². The minimum atomic E-state index is 0.169. The number of anilines is 1. The molecule has 27 heavy (non-hydrogen) atoms. The van der Waals surface area contributed by atoms with E-state index >= 15 is 0 Å². The van der Waals surface area contributed by atoms with Gasteiger partial charge in [-0.3, -0.25) is 4.98 Å². The molecule has 0 bridgehead atoms. The predicted molar refractivity (Wildman–Crippen MR) is 106 cm³/mol. The van der Waals surface area contributed by atoms with Crippen LogP contribution in [0, 0.1) is 0 Å². The highest BCUT2D eigenvalue weighted by Crippen LogP contribution is 2.22. The Balaban J connectivity index is 1.69. The van der Waals surface area contributed by atoms with Gasteiger partial charge in [0.15, 0.2) is 5.82 Å². The van der Waals surface area contributed by atoms with Crippen LogP contribution in [-0.4, -0.2) is 51.4 Å². The van der Waals surface area contributed by atoms with Gasteiger partial charge in [0, 0.05) is 18.9 Å². The van der Waals surface area contributed by atoms with Crippen molar-refractivity contribution in [1.29, 1.82) is 0 Å². The van der Waals surface area contributed by atoms with E-state index in [-0.39, 0.29) is 12.1 Å². The van der Waals surface area contributed by atoms with Crippen LogP contribution in [-0.2, 0) is 0 Å². The third-order valence-electron chi connectivity index (χ3n) is 4.10. The summed E-state index contributed by atoms with van der Waals surface area (Å²) in [4.78, 5) is 11.0. The topological polar surface area (TPSA) is 68.1 Å². The summed E-state index contributed by atoms with van der Waals surface area (Å²) in [5, 5.41) is 7.58. The number of nitrogens with one attached hydrogen (secondary N) is 1. The van der Waals surface area contributed by atoms with Gasteiger partial charge >= 0.3 is 0 Å². The molecule has 2 aromatic heterocycles. The van der Waals surface area contributed by atoms with Crippen molar-refractivity contribution >= 4 is 5.82 Å². The van der Waals surface area contributed by atoms with Crippen molar-refractivity contribution in [2.24, 2.45) is 0 Å². The quantitative estimate of drug-likeness (QED) is 0.660. The fourth-order valence-electron chi connectivity index (χ4n) is 2.80. The molecular weight excluding hydrogens is 340 g/mol. The number of benzene rings is 1. The summed E-state index contributed by atoms with van der Waals surface area (Å²) in [6.07, 6.45) is 7.14. The van der Waals surface area contributed by atoms with Crippen molar-refractivity contribution in [3.8, 4) is 11.6 Å². The van der Waals surface area contributed by atoms with Gasteiger partial charge < -0.3 is 15.0 Å². The summed E-state index contributed by atoms with van der Waals surface area (Å²) in [7, 11) is 4.13. The SMILES string of the molecule is CC(C)Oc1ccc(C(CNc2cncc(-n3cccn3)n2)N(C)C)cc1. The Kier molecular flexibility index (Phi) is 6.03. The molecule has 0 fully saturated rings. The molecule has 0 amide bonds. The van der Waals surface area contributed by atoms with Gasteiger partial charge in [0.05, 0.1) is 24.5 Å². The van der Waals surface area contributed by atoms with Crippen LogP contribution in [0.15, 0.2) is 55.1 Å². The highest BCUT2D eigenvalue weighted by atomic mass is 16.5. The normalized spacial score (nSPS) is 12.4. The second-order valence-corrected chi connectivity index (χ2v) is 6.81. The molecule has 0 aliphatic heterocycles. The number of hydrogen-bond acceptors (Lipinski definition) is 6. The minimum absolute atomic E-state index is 0.169.